The van der Waals surface area contributed by atoms with Crippen molar-refractivity contribution in [1.82, 2.24) is 4.98 Å². The molecular weight excluding hydrogens is 366 g/mol. The van der Waals surface area contributed by atoms with E-state index in [-0.39, 0.29) is 18.4 Å². The molecule has 1 aliphatic rings. The molecule has 2 heterocycles. The van der Waals surface area contributed by atoms with Crippen molar-refractivity contribution in [3.63, 3.8) is 0 Å². The molecule has 29 heavy (non-hydrogen) atoms. The number of nitriles is 1. The monoisotopic (exact) mass is 383 g/mol. The molecule has 1 aromatic heterocycles. The average molecular weight is 383 g/mol. The van der Waals surface area contributed by atoms with E-state index in [4.69, 9.17) is 14.7 Å². The number of hydrogen-bond acceptors (Lipinski definition) is 5. The molecule has 4 rings (SSSR count). The molecule has 6 heteroatoms. The van der Waals surface area contributed by atoms with Crippen molar-refractivity contribution in [3.8, 4) is 23.4 Å². The highest BCUT2D eigenvalue weighted by molar-refractivity contribution is 6.07. The minimum absolute atomic E-state index is 0.215. The van der Waals surface area contributed by atoms with E-state index in [1.807, 2.05) is 43.3 Å². The predicted octanol–water partition coefficient (Wildman–Crippen LogP) is 4.47. The van der Waals surface area contributed by atoms with E-state index in [1.54, 1.807) is 36.5 Å². The predicted molar refractivity (Wildman–Crippen MR) is 109 cm³/mol. The number of carbonyl (C=O) groups excluding carboxylic acids is 1. The third kappa shape index (κ3) is 3.94. The summed E-state index contributed by atoms with van der Waals surface area (Å²) in [6.07, 6.45) is 3.40. The fraction of sp³-hybridized carbons (Fsp3) is 0.0870. The largest absolute Gasteiger partial charge is 0.488 e. The standard InChI is InChI=1S/C23H17N3O3/c1-15-11-19(29-23-17(13-24)6-4-10-25-23)8-9-20(15)26-22(27)18-12-16-5-2-3-7-21(16)28-14-18/h2-12H,14H2,1H3,(H,26,27). The summed E-state index contributed by atoms with van der Waals surface area (Å²) in [4.78, 5) is 16.7. The minimum Gasteiger partial charge on any atom is -0.488 e. The van der Waals surface area contributed by atoms with Crippen LogP contribution in [0.15, 0.2) is 66.4 Å². The van der Waals surface area contributed by atoms with Crippen molar-refractivity contribution in [1.29, 1.82) is 5.26 Å². The molecule has 2 aromatic carbocycles. The summed E-state index contributed by atoms with van der Waals surface area (Å²) in [5, 5.41) is 12.1. The van der Waals surface area contributed by atoms with Crippen LogP contribution >= 0.6 is 0 Å². The van der Waals surface area contributed by atoms with Crippen LogP contribution < -0.4 is 14.8 Å². The third-order valence-electron chi connectivity index (χ3n) is 4.48. The van der Waals surface area contributed by atoms with Crippen molar-refractivity contribution in [2.24, 2.45) is 0 Å². The van der Waals surface area contributed by atoms with Gasteiger partial charge < -0.3 is 14.8 Å². The SMILES string of the molecule is Cc1cc(Oc2ncccc2C#N)ccc1NC(=O)C1=Cc2ccccc2OC1. The number of fused-ring (bicyclic) bond motifs is 1. The molecular formula is C23H17N3O3. The molecule has 1 aliphatic heterocycles. The number of nitrogens with zero attached hydrogens (tertiary/aromatic N) is 2. The van der Waals surface area contributed by atoms with Crippen LogP contribution in [-0.2, 0) is 4.79 Å². The molecule has 0 unspecified atom stereocenters. The number of aromatic nitrogens is 1. The van der Waals surface area contributed by atoms with Gasteiger partial charge in [0.25, 0.3) is 5.91 Å². The Hall–Kier alpha value is -4.11. The van der Waals surface area contributed by atoms with Crippen molar-refractivity contribution < 1.29 is 14.3 Å². The molecule has 0 fully saturated rings. The molecule has 3 aromatic rings. The Balaban J connectivity index is 1.50. The summed E-state index contributed by atoms with van der Waals surface area (Å²) in [6, 6.07) is 18.2. The lowest BCUT2D eigenvalue weighted by molar-refractivity contribution is -0.113. The zero-order valence-electron chi connectivity index (χ0n) is 15.7. The van der Waals surface area contributed by atoms with Gasteiger partial charge in [0.15, 0.2) is 0 Å². The zero-order chi connectivity index (χ0) is 20.2. The second kappa shape index (κ2) is 7.87. The van der Waals surface area contributed by atoms with Gasteiger partial charge in [0.1, 0.15) is 29.7 Å². The highest BCUT2D eigenvalue weighted by atomic mass is 16.5. The number of pyridine rings is 1. The highest BCUT2D eigenvalue weighted by Gasteiger charge is 2.18. The van der Waals surface area contributed by atoms with Crippen LogP contribution in [0.1, 0.15) is 16.7 Å². The highest BCUT2D eigenvalue weighted by Crippen LogP contribution is 2.29. The van der Waals surface area contributed by atoms with E-state index in [9.17, 15) is 4.79 Å². The maximum Gasteiger partial charge on any atom is 0.255 e. The fourth-order valence-corrected chi connectivity index (χ4v) is 2.96. The molecule has 0 bridgehead atoms. The summed E-state index contributed by atoms with van der Waals surface area (Å²) in [7, 11) is 0. The molecule has 0 spiro atoms. The lowest BCUT2D eigenvalue weighted by Gasteiger charge is -2.18. The van der Waals surface area contributed by atoms with Crippen LogP contribution in [0.2, 0.25) is 0 Å². The maximum absolute atomic E-state index is 12.7. The second-order valence-electron chi connectivity index (χ2n) is 6.50. The van der Waals surface area contributed by atoms with Gasteiger partial charge in [0.05, 0.1) is 5.57 Å². The molecule has 142 valence electrons. The lowest BCUT2D eigenvalue weighted by Crippen LogP contribution is -2.21. The molecule has 0 aliphatic carbocycles. The van der Waals surface area contributed by atoms with Crippen molar-refractivity contribution in [3.05, 3.63) is 83.1 Å². The summed E-state index contributed by atoms with van der Waals surface area (Å²) >= 11 is 0. The quantitative estimate of drug-likeness (QED) is 0.719. The van der Waals surface area contributed by atoms with E-state index in [0.717, 1.165) is 16.9 Å². The first kappa shape index (κ1) is 18.3. The third-order valence-corrected chi connectivity index (χ3v) is 4.48. The second-order valence-corrected chi connectivity index (χ2v) is 6.50. The molecule has 0 saturated heterocycles. The maximum atomic E-state index is 12.7. The van der Waals surface area contributed by atoms with Gasteiger partial charge >= 0.3 is 0 Å². The summed E-state index contributed by atoms with van der Waals surface area (Å²) in [5.74, 6) is 1.33. The number of nitrogens with one attached hydrogen (secondary N) is 1. The van der Waals surface area contributed by atoms with Gasteiger partial charge in [-0.3, -0.25) is 4.79 Å². The van der Waals surface area contributed by atoms with Crippen LogP contribution in [0.3, 0.4) is 0 Å². The average Bonchev–Trinajstić information content (AvgIpc) is 2.75. The topological polar surface area (TPSA) is 84.2 Å². The Labute approximate surface area is 168 Å². The smallest absolute Gasteiger partial charge is 0.255 e. The van der Waals surface area contributed by atoms with Gasteiger partial charge in [0.2, 0.25) is 5.88 Å². The fourth-order valence-electron chi connectivity index (χ4n) is 2.96. The molecule has 0 atom stereocenters. The number of ether oxygens (including phenoxy) is 2. The Bertz CT molecular complexity index is 1160. The van der Waals surface area contributed by atoms with Crippen molar-refractivity contribution >= 4 is 17.7 Å². The molecule has 1 N–H and O–H groups in total. The number of para-hydroxylation sites is 1. The van der Waals surface area contributed by atoms with E-state index in [1.165, 1.54) is 0 Å². The lowest BCUT2D eigenvalue weighted by atomic mass is 10.1. The normalized spacial score (nSPS) is 12.1. The van der Waals surface area contributed by atoms with Gasteiger partial charge in [-0.1, -0.05) is 18.2 Å². The molecule has 6 nitrogen and oxygen atoms in total. The number of aryl methyl sites for hydroxylation is 1. The molecule has 0 radical (unpaired) electrons. The zero-order valence-corrected chi connectivity index (χ0v) is 15.7. The number of hydrogen-bond donors (Lipinski definition) is 1. The van der Waals surface area contributed by atoms with E-state index in [2.05, 4.69) is 10.3 Å². The number of rotatable bonds is 4. The van der Waals surface area contributed by atoms with Gasteiger partial charge in [-0.05, 0) is 55.0 Å². The van der Waals surface area contributed by atoms with Gasteiger partial charge in [-0.15, -0.1) is 0 Å². The first-order chi connectivity index (χ1) is 14.1. The Morgan fingerprint density at radius 1 is 1.21 bits per heavy atom. The first-order valence-electron chi connectivity index (χ1n) is 9.01. The van der Waals surface area contributed by atoms with Crippen molar-refractivity contribution in [2.45, 2.75) is 6.92 Å². The van der Waals surface area contributed by atoms with E-state index in [0.29, 0.717) is 22.6 Å². The van der Waals surface area contributed by atoms with Crippen molar-refractivity contribution in [2.75, 3.05) is 11.9 Å². The van der Waals surface area contributed by atoms with Crippen LogP contribution in [0.5, 0.6) is 17.4 Å². The Kier molecular flexibility index (Phi) is 4.95. The minimum atomic E-state index is -0.215. The van der Waals surface area contributed by atoms with Gasteiger partial charge in [-0.2, -0.15) is 5.26 Å². The molecule has 0 saturated carbocycles. The number of benzene rings is 2. The number of amides is 1. The van der Waals surface area contributed by atoms with Gasteiger partial charge in [0, 0.05) is 17.4 Å². The summed E-state index contributed by atoms with van der Waals surface area (Å²) in [6.45, 7) is 2.09. The summed E-state index contributed by atoms with van der Waals surface area (Å²) in [5.41, 5.74) is 3.28. The first-order valence-corrected chi connectivity index (χ1v) is 9.01. The molecule has 1 amide bonds. The number of carbonyl (C=O) groups is 1. The van der Waals surface area contributed by atoms with Crippen LogP contribution in [0.4, 0.5) is 5.69 Å². The van der Waals surface area contributed by atoms with Crippen LogP contribution in [-0.4, -0.2) is 17.5 Å². The van der Waals surface area contributed by atoms with E-state index >= 15 is 0 Å². The van der Waals surface area contributed by atoms with E-state index < -0.39 is 0 Å². The Morgan fingerprint density at radius 2 is 2.07 bits per heavy atom. The van der Waals surface area contributed by atoms with Crippen LogP contribution in [0.25, 0.3) is 6.08 Å². The number of anilines is 1. The summed E-state index contributed by atoms with van der Waals surface area (Å²) < 4.78 is 11.4. The Morgan fingerprint density at radius 3 is 2.90 bits per heavy atom. The van der Waals surface area contributed by atoms with Gasteiger partial charge in [-0.25, -0.2) is 4.98 Å². The van der Waals surface area contributed by atoms with Crippen LogP contribution in [0, 0.1) is 18.3 Å².